The molecule has 11 heteroatoms. The number of ether oxygens (including phenoxy) is 5. The first kappa shape index (κ1) is 30.0. The normalized spacial score (nSPS) is 10.9. The average Bonchev–Trinajstić information content (AvgIpc) is 3.43. The Morgan fingerprint density at radius 2 is 1.52 bits per heavy atom. The van der Waals surface area contributed by atoms with Crippen molar-refractivity contribution in [3.05, 3.63) is 101 Å². The maximum atomic E-state index is 13.4. The SMILES string of the molecule is COc1ccc2[nH]c(C(=O)NN=Cc3ccccc3OC(=O)c3cc(OC)c(OC)c(OC)c3)c(-c3ccccc3Cl)c2c1. The number of nitrogens with zero attached hydrogens (tertiary/aromatic N) is 1. The predicted octanol–water partition coefficient (Wildman–Crippen LogP) is 6.51. The fourth-order valence-electron chi connectivity index (χ4n) is 4.67. The van der Waals surface area contributed by atoms with Crippen LogP contribution in [0.2, 0.25) is 5.02 Å². The molecule has 5 aromatic rings. The summed E-state index contributed by atoms with van der Waals surface area (Å²) in [6.45, 7) is 0. The minimum absolute atomic E-state index is 0.182. The van der Waals surface area contributed by atoms with Crippen molar-refractivity contribution in [2.45, 2.75) is 0 Å². The summed E-state index contributed by atoms with van der Waals surface area (Å²) in [5.74, 6) is 0.656. The van der Waals surface area contributed by atoms with Crippen molar-refractivity contribution < 1.29 is 33.3 Å². The van der Waals surface area contributed by atoms with Crippen molar-refractivity contribution in [1.82, 2.24) is 10.4 Å². The highest BCUT2D eigenvalue weighted by Crippen LogP contribution is 2.39. The zero-order chi connectivity index (χ0) is 31.2. The van der Waals surface area contributed by atoms with Crippen LogP contribution in [0.25, 0.3) is 22.0 Å². The molecular weight excluding hydrogens is 586 g/mol. The molecule has 2 N–H and O–H groups in total. The van der Waals surface area contributed by atoms with Gasteiger partial charge in [-0.1, -0.05) is 41.9 Å². The molecule has 4 aromatic carbocycles. The van der Waals surface area contributed by atoms with Crippen LogP contribution in [0.4, 0.5) is 0 Å². The molecule has 1 amide bonds. The van der Waals surface area contributed by atoms with Gasteiger partial charge in [-0.3, -0.25) is 4.79 Å². The van der Waals surface area contributed by atoms with Crippen molar-refractivity contribution in [2.75, 3.05) is 28.4 Å². The number of carbonyl (C=O) groups is 2. The van der Waals surface area contributed by atoms with Gasteiger partial charge in [0.1, 0.15) is 17.2 Å². The van der Waals surface area contributed by atoms with E-state index in [9.17, 15) is 9.59 Å². The maximum Gasteiger partial charge on any atom is 0.343 e. The number of H-pyrrole nitrogens is 1. The number of aromatic nitrogens is 1. The number of hydrogen-bond acceptors (Lipinski definition) is 8. The number of amides is 1. The van der Waals surface area contributed by atoms with E-state index in [1.807, 2.05) is 30.3 Å². The second-order valence-corrected chi connectivity index (χ2v) is 9.71. The lowest BCUT2D eigenvalue weighted by atomic mass is 10.0. The van der Waals surface area contributed by atoms with E-state index in [2.05, 4.69) is 15.5 Å². The Bertz CT molecular complexity index is 1860. The van der Waals surface area contributed by atoms with Crippen LogP contribution in [0.1, 0.15) is 26.4 Å². The van der Waals surface area contributed by atoms with Gasteiger partial charge in [0.15, 0.2) is 11.5 Å². The highest BCUT2D eigenvalue weighted by Gasteiger charge is 2.22. The van der Waals surface area contributed by atoms with Gasteiger partial charge in [0, 0.05) is 32.6 Å². The molecule has 0 fully saturated rings. The summed E-state index contributed by atoms with van der Waals surface area (Å²) < 4.78 is 27.1. The molecule has 0 atom stereocenters. The van der Waals surface area contributed by atoms with Crippen molar-refractivity contribution in [3.63, 3.8) is 0 Å². The van der Waals surface area contributed by atoms with E-state index in [0.29, 0.717) is 44.7 Å². The molecular formula is C33H28ClN3O7. The van der Waals surface area contributed by atoms with Crippen LogP contribution in [0, 0.1) is 0 Å². The van der Waals surface area contributed by atoms with Gasteiger partial charge in [-0.2, -0.15) is 5.10 Å². The first-order chi connectivity index (χ1) is 21.4. The first-order valence-electron chi connectivity index (χ1n) is 13.3. The molecule has 0 spiro atoms. The van der Waals surface area contributed by atoms with E-state index in [1.165, 1.54) is 39.7 Å². The quantitative estimate of drug-likeness (QED) is 0.0797. The summed E-state index contributed by atoms with van der Waals surface area (Å²) in [6.07, 6.45) is 1.39. The number of aromatic amines is 1. The van der Waals surface area contributed by atoms with Gasteiger partial charge in [0.25, 0.3) is 5.91 Å². The monoisotopic (exact) mass is 613 g/mol. The van der Waals surface area contributed by atoms with Crippen molar-refractivity contribution in [1.29, 1.82) is 0 Å². The molecule has 1 heterocycles. The van der Waals surface area contributed by atoms with E-state index < -0.39 is 11.9 Å². The molecule has 0 saturated heterocycles. The van der Waals surface area contributed by atoms with Gasteiger partial charge in [0.2, 0.25) is 5.75 Å². The van der Waals surface area contributed by atoms with E-state index in [4.69, 9.17) is 35.3 Å². The lowest BCUT2D eigenvalue weighted by Crippen LogP contribution is -2.19. The molecule has 224 valence electrons. The maximum absolute atomic E-state index is 13.4. The summed E-state index contributed by atoms with van der Waals surface area (Å²) in [6, 6.07) is 22.5. The van der Waals surface area contributed by atoms with Gasteiger partial charge < -0.3 is 28.7 Å². The number of methoxy groups -OCH3 is 4. The first-order valence-corrected chi connectivity index (χ1v) is 13.7. The second kappa shape index (κ2) is 13.2. The number of hydrazone groups is 1. The predicted molar refractivity (Wildman–Crippen MR) is 168 cm³/mol. The van der Waals surface area contributed by atoms with Crippen LogP contribution < -0.4 is 29.1 Å². The Morgan fingerprint density at radius 1 is 0.818 bits per heavy atom. The number of para-hydroxylation sites is 1. The topological polar surface area (TPSA) is 120 Å². The zero-order valence-electron chi connectivity index (χ0n) is 24.3. The highest BCUT2D eigenvalue weighted by atomic mass is 35.5. The largest absolute Gasteiger partial charge is 0.497 e. The molecule has 0 aliphatic carbocycles. The smallest absolute Gasteiger partial charge is 0.343 e. The third kappa shape index (κ3) is 6.02. The molecule has 0 aliphatic rings. The minimum Gasteiger partial charge on any atom is -0.497 e. The third-order valence-corrected chi connectivity index (χ3v) is 7.10. The summed E-state index contributed by atoms with van der Waals surface area (Å²) in [5, 5.41) is 5.39. The molecule has 0 bridgehead atoms. The Kier molecular flexibility index (Phi) is 9.01. The third-order valence-electron chi connectivity index (χ3n) is 6.77. The summed E-state index contributed by atoms with van der Waals surface area (Å²) in [7, 11) is 5.96. The fraction of sp³-hybridized carbons (Fsp3) is 0.121. The van der Waals surface area contributed by atoms with Crippen LogP contribution in [-0.2, 0) is 0 Å². The van der Waals surface area contributed by atoms with Crippen LogP contribution >= 0.6 is 11.6 Å². The van der Waals surface area contributed by atoms with E-state index >= 15 is 0 Å². The standard InChI is InChI=1S/C33H28ClN3O7/c1-40-21-13-14-25-23(17-21)29(22-10-6-7-11-24(22)34)30(36-25)32(38)37-35-18-19-9-5-8-12-26(19)44-33(39)20-15-27(41-2)31(43-4)28(16-20)42-3/h5-18,36H,1-4H3,(H,37,38). The highest BCUT2D eigenvalue weighted by molar-refractivity contribution is 6.34. The summed E-state index contributed by atoms with van der Waals surface area (Å²) >= 11 is 6.53. The summed E-state index contributed by atoms with van der Waals surface area (Å²) in [5.41, 5.74) is 5.45. The molecule has 0 radical (unpaired) electrons. The number of halogens is 1. The van der Waals surface area contributed by atoms with Gasteiger partial charge in [-0.25, -0.2) is 10.2 Å². The number of esters is 1. The van der Waals surface area contributed by atoms with E-state index in [1.54, 1.807) is 43.5 Å². The molecule has 44 heavy (non-hydrogen) atoms. The van der Waals surface area contributed by atoms with Gasteiger partial charge in [-0.05, 0) is 48.5 Å². The Balaban J connectivity index is 1.41. The van der Waals surface area contributed by atoms with Gasteiger partial charge in [0.05, 0.1) is 40.2 Å². The van der Waals surface area contributed by atoms with Crippen LogP contribution in [-0.4, -0.2) is 51.5 Å². The summed E-state index contributed by atoms with van der Waals surface area (Å²) in [4.78, 5) is 29.7. The van der Waals surface area contributed by atoms with Crippen molar-refractivity contribution >= 4 is 40.6 Å². The van der Waals surface area contributed by atoms with Crippen LogP contribution in [0.3, 0.4) is 0 Å². The molecule has 5 rings (SSSR count). The van der Waals surface area contributed by atoms with Gasteiger partial charge in [-0.15, -0.1) is 0 Å². The molecule has 0 unspecified atom stereocenters. The lowest BCUT2D eigenvalue weighted by Gasteiger charge is -2.14. The van der Waals surface area contributed by atoms with Crippen LogP contribution in [0.5, 0.6) is 28.7 Å². The molecule has 0 saturated carbocycles. The fourth-order valence-corrected chi connectivity index (χ4v) is 4.90. The number of nitrogens with one attached hydrogen (secondary N) is 2. The number of hydrogen-bond donors (Lipinski definition) is 2. The van der Waals surface area contributed by atoms with Crippen LogP contribution in [0.15, 0.2) is 84.0 Å². The molecule has 1 aromatic heterocycles. The zero-order valence-corrected chi connectivity index (χ0v) is 25.0. The van der Waals surface area contributed by atoms with E-state index in [0.717, 1.165) is 10.9 Å². The Labute approximate surface area is 258 Å². The molecule has 0 aliphatic heterocycles. The van der Waals surface area contributed by atoms with Gasteiger partial charge >= 0.3 is 5.97 Å². The van der Waals surface area contributed by atoms with Crippen molar-refractivity contribution in [3.8, 4) is 39.9 Å². The average molecular weight is 614 g/mol. The second-order valence-electron chi connectivity index (χ2n) is 9.31. The Hall–Kier alpha value is -5.48. The minimum atomic E-state index is -0.660. The molecule has 10 nitrogen and oxygen atoms in total. The number of benzene rings is 4. The van der Waals surface area contributed by atoms with E-state index in [-0.39, 0.29) is 17.0 Å². The van der Waals surface area contributed by atoms with Crippen molar-refractivity contribution in [2.24, 2.45) is 5.10 Å². The number of carbonyl (C=O) groups excluding carboxylic acids is 2. The lowest BCUT2D eigenvalue weighted by molar-refractivity contribution is 0.0733. The Morgan fingerprint density at radius 3 is 2.20 bits per heavy atom. The number of fused-ring (bicyclic) bond motifs is 1. The number of rotatable bonds is 10.